The summed E-state index contributed by atoms with van der Waals surface area (Å²) in [5, 5.41) is 4.44. The van der Waals surface area contributed by atoms with E-state index in [1.807, 2.05) is 6.20 Å². The quantitative estimate of drug-likeness (QED) is 0.803. The van der Waals surface area contributed by atoms with Gasteiger partial charge in [-0.2, -0.15) is 0 Å². The number of nitrogens with zero attached hydrogens (tertiary/aromatic N) is 2. The van der Waals surface area contributed by atoms with Gasteiger partial charge in [0.25, 0.3) is 0 Å². The smallest absolute Gasteiger partial charge is 0.186 e. The summed E-state index contributed by atoms with van der Waals surface area (Å²) >= 11 is 1.76. The van der Waals surface area contributed by atoms with Gasteiger partial charge in [-0.15, -0.1) is 11.3 Å². The van der Waals surface area contributed by atoms with Gasteiger partial charge in [0.2, 0.25) is 0 Å². The number of methoxy groups -OCH3 is 1. The first kappa shape index (κ1) is 14.7. The van der Waals surface area contributed by atoms with Crippen LogP contribution >= 0.6 is 11.3 Å². The summed E-state index contributed by atoms with van der Waals surface area (Å²) in [6.07, 6.45) is 1.96. The molecule has 108 valence electrons. The van der Waals surface area contributed by atoms with Crippen LogP contribution in [0.3, 0.4) is 0 Å². The molecule has 1 aromatic rings. The maximum absolute atomic E-state index is 5.54. The van der Waals surface area contributed by atoms with E-state index < -0.39 is 0 Å². The molecule has 0 aromatic carbocycles. The van der Waals surface area contributed by atoms with E-state index in [-0.39, 0.29) is 5.54 Å². The largest absolute Gasteiger partial charge is 0.383 e. The molecule has 1 fully saturated rings. The Morgan fingerprint density at radius 2 is 2.42 bits per heavy atom. The van der Waals surface area contributed by atoms with Crippen molar-refractivity contribution >= 4 is 16.5 Å². The molecular weight excluding hydrogens is 262 g/mol. The Morgan fingerprint density at radius 1 is 1.58 bits per heavy atom. The molecule has 0 saturated carbocycles. The Bertz CT molecular complexity index is 395. The zero-order valence-corrected chi connectivity index (χ0v) is 12.8. The molecule has 19 heavy (non-hydrogen) atoms. The third kappa shape index (κ3) is 3.89. The van der Waals surface area contributed by atoms with Crippen LogP contribution in [0.25, 0.3) is 0 Å². The zero-order chi connectivity index (χ0) is 13.7. The lowest BCUT2D eigenvalue weighted by Gasteiger charge is -2.41. The first-order valence-corrected chi connectivity index (χ1v) is 7.45. The van der Waals surface area contributed by atoms with Gasteiger partial charge in [0.15, 0.2) is 5.13 Å². The normalized spacial score (nSPS) is 18.8. The molecule has 1 aliphatic heterocycles. The molecule has 1 N–H and O–H groups in total. The van der Waals surface area contributed by atoms with Crippen molar-refractivity contribution in [2.75, 3.05) is 44.9 Å². The predicted octanol–water partition coefficient (Wildman–Crippen LogP) is 1.49. The fraction of sp³-hybridized carbons (Fsp3) is 0.769. The van der Waals surface area contributed by atoms with Crippen molar-refractivity contribution in [2.24, 2.45) is 0 Å². The lowest BCUT2D eigenvalue weighted by atomic mass is 10.0. The van der Waals surface area contributed by atoms with Gasteiger partial charge >= 0.3 is 0 Å². The summed E-state index contributed by atoms with van der Waals surface area (Å²) in [7, 11) is 1.72. The fourth-order valence-corrected chi connectivity index (χ4v) is 3.17. The van der Waals surface area contributed by atoms with E-state index >= 15 is 0 Å². The highest BCUT2D eigenvalue weighted by Gasteiger charge is 2.32. The van der Waals surface area contributed by atoms with Crippen LogP contribution < -0.4 is 10.2 Å². The molecular formula is C13H23N3O2S. The van der Waals surface area contributed by atoms with Crippen molar-refractivity contribution in [2.45, 2.75) is 25.9 Å². The van der Waals surface area contributed by atoms with E-state index in [0.29, 0.717) is 0 Å². The summed E-state index contributed by atoms with van der Waals surface area (Å²) in [4.78, 5) is 8.16. The van der Waals surface area contributed by atoms with Crippen molar-refractivity contribution in [3.63, 3.8) is 0 Å². The Hall–Kier alpha value is -0.690. The topological polar surface area (TPSA) is 46.6 Å². The highest BCUT2D eigenvalue weighted by atomic mass is 32.1. The summed E-state index contributed by atoms with van der Waals surface area (Å²) in [6, 6.07) is 0. The molecule has 1 saturated heterocycles. The molecule has 1 aliphatic rings. The minimum Gasteiger partial charge on any atom is -0.383 e. The van der Waals surface area contributed by atoms with E-state index in [1.54, 1.807) is 18.4 Å². The third-order valence-electron chi connectivity index (χ3n) is 3.20. The number of thiazole rings is 1. The van der Waals surface area contributed by atoms with Gasteiger partial charge < -0.3 is 19.7 Å². The van der Waals surface area contributed by atoms with Crippen molar-refractivity contribution in [3.8, 4) is 0 Å². The summed E-state index contributed by atoms with van der Waals surface area (Å²) < 4.78 is 10.6. The van der Waals surface area contributed by atoms with Crippen LogP contribution in [0, 0.1) is 0 Å². The predicted molar refractivity (Wildman–Crippen MR) is 77.9 cm³/mol. The summed E-state index contributed by atoms with van der Waals surface area (Å²) in [6.45, 7) is 9.31. The summed E-state index contributed by atoms with van der Waals surface area (Å²) in [5.74, 6) is 0. The van der Waals surface area contributed by atoms with Gasteiger partial charge in [-0.3, -0.25) is 0 Å². The van der Waals surface area contributed by atoms with Gasteiger partial charge in [0, 0.05) is 37.8 Å². The van der Waals surface area contributed by atoms with E-state index in [2.05, 4.69) is 29.0 Å². The Morgan fingerprint density at radius 3 is 3.16 bits per heavy atom. The molecule has 0 atom stereocenters. The molecule has 1 aromatic heterocycles. The Balaban J connectivity index is 1.92. The van der Waals surface area contributed by atoms with Crippen LogP contribution in [-0.2, 0) is 16.0 Å². The highest BCUT2D eigenvalue weighted by Crippen LogP contribution is 2.30. The number of ether oxygens (including phenoxy) is 2. The van der Waals surface area contributed by atoms with E-state index in [9.17, 15) is 0 Å². The van der Waals surface area contributed by atoms with Crippen LogP contribution in [-0.4, -0.2) is 50.5 Å². The van der Waals surface area contributed by atoms with Crippen LogP contribution in [0.5, 0.6) is 0 Å². The second kappa shape index (κ2) is 6.65. The molecule has 2 rings (SSSR count). The molecule has 0 radical (unpaired) electrons. The van der Waals surface area contributed by atoms with E-state index in [4.69, 9.17) is 9.47 Å². The number of aromatic nitrogens is 1. The Kier molecular flexibility index (Phi) is 5.15. The second-order valence-corrected chi connectivity index (χ2v) is 6.39. The van der Waals surface area contributed by atoms with Gasteiger partial charge in [-0.05, 0) is 13.8 Å². The SMILES string of the molecule is COCCNCc1cnc(N2CCOCC2(C)C)s1. The van der Waals surface area contributed by atoms with Gasteiger partial charge in [-0.25, -0.2) is 4.98 Å². The number of rotatable bonds is 6. The maximum Gasteiger partial charge on any atom is 0.186 e. The average molecular weight is 285 g/mol. The van der Waals surface area contributed by atoms with E-state index in [1.165, 1.54) is 4.88 Å². The van der Waals surface area contributed by atoms with Crippen LogP contribution in [0.1, 0.15) is 18.7 Å². The first-order valence-electron chi connectivity index (χ1n) is 6.63. The molecule has 2 heterocycles. The fourth-order valence-electron chi connectivity index (χ4n) is 2.10. The summed E-state index contributed by atoms with van der Waals surface area (Å²) in [5.41, 5.74) is 0.0247. The molecule has 0 amide bonds. The molecule has 0 spiro atoms. The van der Waals surface area contributed by atoms with Crippen LogP contribution in [0.4, 0.5) is 5.13 Å². The molecule has 0 bridgehead atoms. The second-order valence-electron chi connectivity index (χ2n) is 5.30. The highest BCUT2D eigenvalue weighted by molar-refractivity contribution is 7.15. The number of hydrogen-bond acceptors (Lipinski definition) is 6. The average Bonchev–Trinajstić information content (AvgIpc) is 2.82. The van der Waals surface area contributed by atoms with Gasteiger partial charge in [0.1, 0.15) is 0 Å². The van der Waals surface area contributed by atoms with Crippen molar-refractivity contribution in [3.05, 3.63) is 11.1 Å². The maximum atomic E-state index is 5.54. The van der Waals surface area contributed by atoms with Crippen LogP contribution in [0.2, 0.25) is 0 Å². The van der Waals surface area contributed by atoms with Crippen LogP contribution in [0.15, 0.2) is 6.20 Å². The standard InChI is InChI=1S/C13H23N3O2S/c1-13(2)10-18-7-5-16(13)12-15-9-11(19-12)8-14-4-6-17-3/h9,14H,4-8,10H2,1-3H3. The monoisotopic (exact) mass is 285 g/mol. The minimum absolute atomic E-state index is 0.0247. The number of nitrogens with one attached hydrogen (secondary N) is 1. The molecule has 0 aliphatic carbocycles. The lowest BCUT2D eigenvalue weighted by molar-refractivity contribution is 0.0644. The zero-order valence-electron chi connectivity index (χ0n) is 11.9. The third-order valence-corrected chi connectivity index (χ3v) is 4.22. The molecule has 0 unspecified atom stereocenters. The number of anilines is 1. The van der Waals surface area contributed by atoms with Crippen molar-refractivity contribution in [1.82, 2.24) is 10.3 Å². The van der Waals surface area contributed by atoms with E-state index in [0.717, 1.165) is 44.6 Å². The molecule has 5 nitrogen and oxygen atoms in total. The number of morpholine rings is 1. The lowest BCUT2D eigenvalue weighted by Crippen LogP contribution is -2.53. The Labute approximate surface area is 118 Å². The van der Waals surface area contributed by atoms with Crippen molar-refractivity contribution < 1.29 is 9.47 Å². The molecule has 6 heteroatoms. The first-order chi connectivity index (χ1) is 9.13. The van der Waals surface area contributed by atoms with Crippen molar-refractivity contribution in [1.29, 1.82) is 0 Å². The minimum atomic E-state index is 0.0247. The number of hydrogen-bond donors (Lipinski definition) is 1. The van der Waals surface area contributed by atoms with Gasteiger partial charge in [-0.1, -0.05) is 0 Å². The van der Waals surface area contributed by atoms with Gasteiger partial charge in [0.05, 0.1) is 25.4 Å².